The number of halogens is 5. The second kappa shape index (κ2) is 6.77. The number of alkyl halides is 4. The summed E-state index contributed by atoms with van der Waals surface area (Å²) in [6, 6.07) is 5.49. The number of carbonyl (C=O) groups excluding carboxylic acids is 1. The molecule has 5 nitrogen and oxygen atoms in total. The summed E-state index contributed by atoms with van der Waals surface area (Å²) < 4.78 is 0.904. The van der Waals surface area contributed by atoms with Crippen LogP contribution in [0.2, 0.25) is 0 Å². The van der Waals surface area contributed by atoms with Gasteiger partial charge in [-0.1, -0.05) is 74.5 Å². The van der Waals surface area contributed by atoms with Gasteiger partial charge in [-0.15, -0.1) is 0 Å². The number of ether oxygens (including phenoxy) is 1. The first-order valence-electron chi connectivity index (χ1n) is 6.11. The molecule has 0 saturated carbocycles. The van der Waals surface area contributed by atoms with Gasteiger partial charge in [0.1, 0.15) is 16.9 Å². The van der Waals surface area contributed by atoms with Crippen LogP contribution < -0.4 is 0 Å². The van der Waals surface area contributed by atoms with Gasteiger partial charge in [-0.05, 0) is 18.2 Å². The van der Waals surface area contributed by atoms with Gasteiger partial charge in [0.2, 0.25) is 0 Å². The first kappa shape index (κ1) is 19.4. The van der Waals surface area contributed by atoms with Gasteiger partial charge in [-0.2, -0.15) is 0 Å². The van der Waals surface area contributed by atoms with Crippen LogP contribution in [0.5, 0.6) is 5.75 Å². The first-order valence-corrected chi connectivity index (χ1v) is 8.42. The second-order valence-electron chi connectivity index (χ2n) is 4.61. The SMILES string of the molecule is O=C(O)C1=C(OC(=O)c2ccccc2O)C(Cl)(Cl)C=C(Br)C1(Cl)Cl. The van der Waals surface area contributed by atoms with Crippen molar-refractivity contribution in [3.05, 3.63) is 51.7 Å². The highest BCUT2D eigenvalue weighted by atomic mass is 79.9. The maximum Gasteiger partial charge on any atom is 0.347 e. The van der Waals surface area contributed by atoms with Crippen molar-refractivity contribution < 1.29 is 24.5 Å². The maximum absolute atomic E-state index is 12.2. The highest BCUT2D eigenvalue weighted by Gasteiger charge is 2.51. The number of aliphatic carboxylic acids is 1. The van der Waals surface area contributed by atoms with Crippen molar-refractivity contribution in [3.63, 3.8) is 0 Å². The number of para-hydroxylation sites is 1. The number of carbonyl (C=O) groups is 2. The lowest BCUT2D eigenvalue weighted by Gasteiger charge is -2.32. The Hall–Kier alpha value is -0.920. The minimum absolute atomic E-state index is 0.0249. The highest BCUT2D eigenvalue weighted by molar-refractivity contribution is 9.11. The third-order valence-electron chi connectivity index (χ3n) is 2.98. The van der Waals surface area contributed by atoms with Gasteiger partial charge in [0.15, 0.2) is 14.4 Å². The molecule has 0 amide bonds. The van der Waals surface area contributed by atoms with Crippen LogP contribution in [0.3, 0.4) is 0 Å². The van der Waals surface area contributed by atoms with E-state index in [4.69, 9.17) is 51.1 Å². The Morgan fingerprint density at radius 3 is 2.25 bits per heavy atom. The Labute approximate surface area is 164 Å². The molecule has 0 heterocycles. The van der Waals surface area contributed by atoms with Gasteiger partial charge in [0.25, 0.3) is 0 Å². The van der Waals surface area contributed by atoms with Crippen LogP contribution in [-0.4, -0.2) is 30.8 Å². The van der Waals surface area contributed by atoms with E-state index in [0.717, 1.165) is 6.08 Å². The third kappa shape index (κ3) is 3.53. The molecule has 128 valence electrons. The standard InChI is InChI=1S/C14H7BrCl4O5/c15-8-5-13(16,17)10(9(11(21)22)14(8,18)19)24-12(23)6-3-1-2-4-7(6)20/h1-5,20H,(H,21,22). The monoisotopic (exact) mass is 474 g/mol. The molecule has 0 radical (unpaired) electrons. The molecule has 0 unspecified atom stereocenters. The molecule has 0 aromatic heterocycles. The lowest BCUT2D eigenvalue weighted by molar-refractivity contribution is -0.133. The average Bonchev–Trinajstić information content (AvgIpc) is 2.44. The third-order valence-corrected chi connectivity index (χ3v) is 5.61. The van der Waals surface area contributed by atoms with Crippen molar-refractivity contribution in [2.24, 2.45) is 0 Å². The largest absolute Gasteiger partial charge is 0.507 e. The van der Waals surface area contributed by atoms with E-state index in [1.807, 2.05) is 0 Å². The Morgan fingerprint density at radius 2 is 1.71 bits per heavy atom. The number of rotatable bonds is 3. The van der Waals surface area contributed by atoms with E-state index >= 15 is 0 Å². The zero-order chi connectivity index (χ0) is 18.3. The molecule has 0 spiro atoms. The predicted molar refractivity (Wildman–Crippen MR) is 94.1 cm³/mol. The quantitative estimate of drug-likeness (QED) is 0.494. The molecule has 24 heavy (non-hydrogen) atoms. The first-order chi connectivity index (χ1) is 11.0. The van der Waals surface area contributed by atoms with Crippen molar-refractivity contribution in [2.45, 2.75) is 8.67 Å². The van der Waals surface area contributed by atoms with E-state index in [2.05, 4.69) is 15.9 Å². The lowest BCUT2D eigenvalue weighted by atomic mass is 10.0. The highest BCUT2D eigenvalue weighted by Crippen LogP contribution is 2.52. The van der Waals surface area contributed by atoms with Crippen molar-refractivity contribution in [1.82, 2.24) is 0 Å². The number of aromatic hydroxyl groups is 1. The van der Waals surface area contributed by atoms with Gasteiger partial charge in [-0.25, -0.2) is 9.59 Å². The number of esters is 1. The van der Waals surface area contributed by atoms with E-state index in [1.165, 1.54) is 24.3 Å². The summed E-state index contributed by atoms with van der Waals surface area (Å²) in [7, 11) is 0. The molecule has 0 aliphatic heterocycles. The molecule has 0 atom stereocenters. The molecule has 2 N–H and O–H groups in total. The summed E-state index contributed by atoms with van der Waals surface area (Å²) in [5.41, 5.74) is -0.948. The zero-order valence-electron chi connectivity index (χ0n) is 11.4. The normalized spacial score (nSPS) is 18.8. The Kier molecular flexibility index (Phi) is 5.47. The summed E-state index contributed by atoms with van der Waals surface area (Å²) in [5.74, 6) is -3.70. The van der Waals surface area contributed by atoms with E-state index < -0.39 is 31.9 Å². The number of hydrogen-bond acceptors (Lipinski definition) is 4. The number of phenols is 1. The van der Waals surface area contributed by atoms with Gasteiger partial charge in [0, 0.05) is 4.48 Å². The van der Waals surface area contributed by atoms with Gasteiger partial charge in [0.05, 0.1) is 0 Å². The van der Waals surface area contributed by atoms with Gasteiger partial charge >= 0.3 is 11.9 Å². The van der Waals surface area contributed by atoms with Crippen molar-refractivity contribution in [2.75, 3.05) is 0 Å². The molecule has 1 aromatic carbocycles. The topological polar surface area (TPSA) is 83.8 Å². The summed E-state index contributed by atoms with van der Waals surface area (Å²) in [6.07, 6.45) is 1.09. The summed E-state index contributed by atoms with van der Waals surface area (Å²) >= 11 is 27.1. The molecule has 0 fully saturated rings. The average molecular weight is 477 g/mol. The molecular formula is C14H7BrCl4O5. The lowest BCUT2D eigenvalue weighted by Crippen LogP contribution is -2.36. The minimum atomic E-state index is -2.08. The number of carboxylic acid groups (broad SMARTS) is 1. The van der Waals surface area contributed by atoms with Crippen LogP contribution in [0.25, 0.3) is 0 Å². The van der Waals surface area contributed by atoms with E-state index in [1.54, 1.807) is 0 Å². The Balaban J connectivity index is 2.56. The van der Waals surface area contributed by atoms with Crippen molar-refractivity contribution in [3.8, 4) is 5.75 Å². The molecule has 2 rings (SSSR count). The number of phenolic OH excluding ortho intramolecular Hbond substituents is 1. The van der Waals surface area contributed by atoms with Crippen molar-refractivity contribution >= 4 is 74.3 Å². The summed E-state index contributed by atoms with van der Waals surface area (Å²) in [6.45, 7) is 0. The van der Waals surface area contributed by atoms with E-state index in [-0.39, 0.29) is 15.8 Å². The molecule has 1 aliphatic rings. The van der Waals surface area contributed by atoms with Gasteiger partial charge in [-0.3, -0.25) is 0 Å². The van der Waals surface area contributed by atoms with Crippen molar-refractivity contribution in [1.29, 1.82) is 0 Å². The van der Waals surface area contributed by atoms with Crippen LogP contribution in [0, 0.1) is 0 Å². The molecule has 0 saturated heterocycles. The molecule has 1 aromatic rings. The summed E-state index contributed by atoms with van der Waals surface area (Å²) in [5, 5.41) is 19.1. The minimum Gasteiger partial charge on any atom is -0.507 e. The van der Waals surface area contributed by atoms with E-state index in [9.17, 15) is 19.8 Å². The van der Waals surface area contributed by atoms with Crippen LogP contribution in [0.15, 0.2) is 46.2 Å². The number of allylic oxidation sites excluding steroid dienone is 2. The number of benzene rings is 1. The Morgan fingerprint density at radius 1 is 1.12 bits per heavy atom. The van der Waals surface area contributed by atoms with Gasteiger partial charge < -0.3 is 14.9 Å². The maximum atomic E-state index is 12.2. The fourth-order valence-corrected chi connectivity index (χ4v) is 3.62. The molecule has 10 heteroatoms. The summed E-state index contributed by atoms with van der Waals surface area (Å²) in [4.78, 5) is 23.8. The number of hydrogen-bond donors (Lipinski definition) is 2. The fourth-order valence-electron chi connectivity index (χ4n) is 1.89. The zero-order valence-corrected chi connectivity index (χ0v) is 16.0. The fraction of sp³-hybridized carbons (Fsp3) is 0.143. The molecule has 0 bridgehead atoms. The second-order valence-corrected chi connectivity index (χ2v) is 8.17. The Bertz CT molecular complexity index is 785. The number of carboxylic acids is 1. The van der Waals surface area contributed by atoms with Crippen LogP contribution in [0.1, 0.15) is 10.4 Å². The van der Waals surface area contributed by atoms with Crippen LogP contribution in [0.4, 0.5) is 0 Å². The molecule has 1 aliphatic carbocycles. The van der Waals surface area contributed by atoms with Crippen LogP contribution in [-0.2, 0) is 9.53 Å². The molecular weight excluding hydrogens is 470 g/mol. The smallest absolute Gasteiger partial charge is 0.347 e. The predicted octanol–water partition coefficient (Wildman–Crippen LogP) is 4.53. The van der Waals surface area contributed by atoms with E-state index in [0.29, 0.717) is 0 Å². The van der Waals surface area contributed by atoms with Crippen LogP contribution >= 0.6 is 62.3 Å².